The molecule has 0 aromatic rings. The maximum atomic E-state index is 5.32. The Kier molecular flexibility index (Phi) is 1.88. The Morgan fingerprint density at radius 2 is 1.60 bits per heavy atom. The Hall–Kier alpha value is -0.120. The van der Waals surface area contributed by atoms with Crippen molar-refractivity contribution in [3.8, 4) is 0 Å². The molecular formula is C7H13NO2. The Balaban J connectivity index is 1.93. The van der Waals surface area contributed by atoms with Crippen LogP contribution in [0, 0.1) is 0 Å². The first kappa shape index (κ1) is 6.58. The first-order chi connectivity index (χ1) is 4.97. The van der Waals surface area contributed by atoms with Crippen molar-refractivity contribution in [2.75, 3.05) is 39.5 Å². The van der Waals surface area contributed by atoms with E-state index in [9.17, 15) is 0 Å². The predicted molar refractivity (Wildman–Crippen MR) is 37.0 cm³/mol. The highest BCUT2D eigenvalue weighted by molar-refractivity contribution is 4.77. The van der Waals surface area contributed by atoms with Crippen LogP contribution >= 0.6 is 0 Å². The van der Waals surface area contributed by atoms with Gasteiger partial charge in [0.15, 0.2) is 0 Å². The summed E-state index contributed by atoms with van der Waals surface area (Å²) >= 11 is 0. The fourth-order valence-corrected chi connectivity index (χ4v) is 1.54. The Labute approximate surface area is 60.9 Å². The average molecular weight is 143 g/mol. The maximum absolute atomic E-state index is 5.32. The largest absolute Gasteiger partial charge is 0.378 e. The SMILES string of the molecule is C1CN2CCOCC2CO1. The maximum Gasteiger partial charge on any atom is 0.0645 e. The monoisotopic (exact) mass is 143 g/mol. The number of morpholine rings is 2. The summed E-state index contributed by atoms with van der Waals surface area (Å²) in [6.45, 7) is 5.70. The summed E-state index contributed by atoms with van der Waals surface area (Å²) in [5, 5.41) is 0. The molecule has 2 heterocycles. The van der Waals surface area contributed by atoms with Gasteiger partial charge in [-0.05, 0) is 0 Å². The molecule has 0 saturated carbocycles. The Morgan fingerprint density at radius 1 is 1.00 bits per heavy atom. The van der Waals surface area contributed by atoms with Gasteiger partial charge < -0.3 is 9.47 Å². The second-order valence-electron chi connectivity index (χ2n) is 2.84. The molecule has 0 unspecified atom stereocenters. The molecular weight excluding hydrogens is 130 g/mol. The van der Waals surface area contributed by atoms with E-state index in [4.69, 9.17) is 9.47 Å². The number of hydrogen-bond acceptors (Lipinski definition) is 3. The topological polar surface area (TPSA) is 21.7 Å². The molecule has 0 amide bonds. The van der Waals surface area contributed by atoms with E-state index in [0.29, 0.717) is 6.04 Å². The molecule has 2 aliphatic heterocycles. The van der Waals surface area contributed by atoms with E-state index in [1.165, 1.54) is 0 Å². The van der Waals surface area contributed by atoms with Gasteiger partial charge in [-0.3, -0.25) is 4.90 Å². The molecule has 2 saturated heterocycles. The molecule has 0 N–H and O–H groups in total. The van der Waals surface area contributed by atoms with Crippen LogP contribution in [0.25, 0.3) is 0 Å². The molecule has 10 heavy (non-hydrogen) atoms. The fourth-order valence-electron chi connectivity index (χ4n) is 1.54. The molecule has 0 bridgehead atoms. The lowest BCUT2D eigenvalue weighted by Crippen LogP contribution is -2.52. The predicted octanol–water partition coefficient (Wildman–Crippen LogP) is -0.283. The van der Waals surface area contributed by atoms with Crippen LogP contribution in [0.5, 0.6) is 0 Å². The van der Waals surface area contributed by atoms with Gasteiger partial charge in [-0.1, -0.05) is 0 Å². The normalized spacial score (nSPS) is 30.0. The molecule has 0 aliphatic carbocycles. The zero-order valence-corrected chi connectivity index (χ0v) is 6.08. The van der Waals surface area contributed by atoms with Crippen molar-refractivity contribution in [3.05, 3.63) is 0 Å². The van der Waals surface area contributed by atoms with Crippen LogP contribution in [0.4, 0.5) is 0 Å². The van der Waals surface area contributed by atoms with Gasteiger partial charge in [-0.15, -0.1) is 0 Å². The lowest BCUT2D eigenvalue weighted by Gasteiger charge is -2.38. The highest BCUT2D eigenvalue weighted by atomic mass is 16.5. The highest BCUT2D eigenvalue weighted by Gasteiger charge is 2.25. The number of hydrogen-bond donors (Lipinski definition) is 0. The first-order valence-corrected chi connectivity index (χ1v) is 3.86. The Bertz CT molecular complexity index is 92.2. The summed E-state index contributed by atoms with van der Waals surface area (Å²) in [5.74, 6) is 0. The molecule has 58 valence electrons. The summed E-state index contributed by atoms with van der Waals surface area (Å²) < 4.78 is 10.6. The zero-order chi connectivity index (χ0) is 6.81. The van der Waals surface area contributed by atoms with Crippen LogP contribution in [-0.2, 0) is 9.47 Å². The lowest BCUT2D eigenvalue weighted by atomic mass is 10.2. The third-order valence-corrected chi connectivity index (χ3v) is 2.18. The molecule has 2 fully saturated rings. The minimum Gasteiger partial charge on any atom is -0.378 e. The minimum atomic E-state index is 0.544. The van der Waals surface area contributed by atoms with Gasteiger partial charge in [0.1, 0.15) is 0 Å². The Morgan fingerprint density at radius 3 is 2.10 bits per heavy atom. The van der Waals surface area contributed by atoms with Crippen molar-refractivity contribution in [3.63, 3.8) is 0 Å². The van der Waals surface area contributed by atoms with Crippen molar-refractivity contribution in [2.45, 2.75) is 6.04 Å². The summed E-state index contributed by atoms with van der Waals surface area (Å²) in [5.41, 5.74) is 0. The van der Waals surface area contributed by atoms with Crippen LogP contribution in [-0.4, -0.2) is 50.5 Å². The van der Waals surface area contributed by atoms with Crippen molar-refractivity contribution in [2.24, 2.45) is 0 Å². The molecule has 2 aliphatic rings. The number of rotatable bonds is 0. The van der Waals surface area contributed by atoms with E-state index in [0.717, 1.165) is 39.5 Å². The van der Waals surface area contributed by atoms with Crippen molar-refractivity contribution >= 4 is 0 Å². The second-order valence-corrected chi connectivity index (χ2v) is 2.84. The molecule has 3 heteroatoms. The number of fused-ring (bicyclic) bond motifs is 1. The van der Waals surface area contributed by atoms with E-state index >= 15 is 0 Å². The molecule has 3 nitrogen and oxygen atoms in total. The molecule has 0 spiro atoms. The summed E-state index contributed by atoms with van der Waals surface area (Å²) in [6, 6.07) is 0.544. The zero-order valence-electron chi connectivity index (χ0n) is 6.08. The van der Waals surface area contributed by atoms with Crippen molar-refractivity contribution in [1.82, 2.24) is 4.90 Å². The third kappa shape index (κ3) is 1.17. The van der Waals surface area contributed by atoms with E-state index in [-0.39, 0.29) is 0 Å². The van der Waals surface area contributed by atoms with Gasteiger partial charge in [0.2, 0.25) is 0 Å². The van der Waals surface area contributed by atoms with E-state index in [1.807, 2.05) is 0 Å². The number of ether oxygens (including phenoxy) is 2. The van der Waals surface area contributed by atoms with Crippen LogP contribution in [0.3, 0.4) is 0 Å². The van der Waals surface area contributed by atoms with Gasteiger partial charge >= 0.3 is 0 Å². The van der Waals surface area contributed by atoms with E-state index < -0.39 is 0 Å². The van der Waals surface area contributed by atoms with Gasteiger partial charge in [-0.2, -0.15) is 0 Å². The molecule has 2 rings (SSSR count). The van der Waals surface area contributed by atoms with Crippen molar-refractivity contribution in [1.29, 1.82) is 0 Å². The molecule has 0 atom stereocenters. The molecule has 0 aromatic carbocycles. The first-order valence-electron chi connectivity index (χ1n) is 3.86. The summed E-state index contributed by atoms with van der Waals surface area (Å²) in [7, 11) is 0. The summed E-state index contributed by atoms with van der Waals surface area (Å²) in [4.78, 5) is 2.45. The molecule has 0 radical (unpaired) electrons. The average Bonchev–Trinajstić information content (AvgIpc) is 2.05. The quantitative estimate of drug-likeness (QED) is 0.465. The van der Waals surface area contributed by atoms with Crippen LogP contribution in [0.2, 0.25) is 0 Å². The van der Waals surface area contributed by atoms with Crippen LogP contribution in [0.1, 0.15) is 0 Å². The van der Waals surface area contributed by atoms with Gasteiger partial charge in [0.25, 0.3) is 0 Å². The van der Waals surface area contributed by atoms with Crippen LogP contribution < -0.4 is 0 Å². The van der Waals surface area contributed by atoms with Gasteiger partial charge in [0, 0.05) is 13.1 Å². The highest BCUT2D eigenvalue weighted by Crippen LogP contribution is 2.10. The van der Waals surface area contributed by atoms with Gasteiger partial charge in [-0.25, -0.2) is 0 Å². The smallest absolute Gasteiger partial charge is 0.0645 e. The van der Waals surface area contributed by atoms with Crippen LogP contribution in [0.15, 0.2) is 0 Å². The standard InChI is InChI=1S/C7H13NO2/c1-3-9-5-7-6-10-4-2-8(1)7/h7H,1-6H2. The van der Waals surface area contributed by atoms with E-state index in [2.05, 4.69) is 4.90 Å². The third-order valence-electron chi connectivity index (χ3n) is 2.18. The molecule has 0 aromatic heterocycles. The van der Waals surface area contributed by atoms with Crippen molar-refractivity contribution < 1.29 is 9.47 Å². The minimum absolute atomic E-state index is 0.544. The van der Waals surface area contributed by atoms with Gasteiger partial charge in [0.05, 0.1) is 32.5 Å². The summed E-state index contributed by atoms with van der Waals surface area (Å²) in [6.07, 6.45) is 0. The number of nitrogens with zero attached hydrogens (tertiary/aromatic N) is 1. The second kappa shape index (κ2) is 2.86. The fraction of sp³-hybridized carbons (Fsp3) is 1.00. The van der Waals surface area contributed by atoms with E-state index in [1.54, 1.807) is 0 Å². The lowest BCUT2D eigenvalue weighted by molar-refractivity contribution is -0.0829.